The first-order chi connectivity index (χ1) is 16.9. The molecule has 0 atom stereocenters. The highest BCUT2D eigenvalue weighted by Crippen LogP contribution is 2.35. The van der Waals surface area contributed by atoms with Crippen molar-refractivity contribution in [1.82, 2.24) is 5.48 Å². The quantitative estimate of drug-likeness (QED) is 0.139. The molecular weight excluding hydrogens is 476 g/mol. The highest BCUT2D eigenvalue weighted by molar-refractivity contribution is 7.93. The highest BCUT2D eigenvalue weighted by Gasteiger charge is 2.52. The first-order valence-corrected chi connectivity index (χ1v) is 12.7. The van der Waals surface area contributed by atoms with E-state index in [4.69, 9.17) is 19.4 Å². The fourth-order valence-electron chi connectivity index (χ4n) is 3.98. The van der Waals surface area contributed by atoms with Crippen molar-refractivity contribution < 1.29 is 37.8 Å². The molecule has 3 N–H and O–H groups in total. The summed E-state index contributed by atoms with van der Waals surface area (Å²) >= 11 is 0. The lowest BCUT2D eigenvalue weighted by Crippen LogP contribution is -2.54. The van der Waals surface area contributed by atoms with Crippen LogP contribution < -0.4 is 15.0 Å². The molecule has 190 valence electrons. The SMILES string of the molecule is COc1ccc(/C(CCCCOc2ccc(S(=O)(=O)C3(C(=O)NO)CCOCC3)cc2)=N\O)cc1. The lowest BCUT2D eigenvalue weighted by atomic mass is 9.98. The van der Waals surface area contributed by atoms with Crippen molar-refractivity contribution >= 4 is 21.5 Å². The van der Waals surface area contributed by atoms with E-state index >= 15 is 0 Å². The van der Waals surface area contributed by atoms with Crippen LogP contribution in [0.5, 0.6) is 11.5 Å². The van der Waals surface area contributed by atoms with E-state index in [1.807, 2.05) is 12.1 Å². The van der Waals surface area contributed by atoms with Crippen LogP contribution in [-0.4, -0.2) is 62.1 Å². The second-order valence-corrected chi connectivity index (χ2v) is 10.4. The number of unbranched alkanes of at least 4 members (excludes halogenated alkanes) is 1. The molecule has 1 aliphatic rings. The Morgan fingerprint density at radius 1 is 1.06 bits per heavy atom. The Labute approximate surface area is 204 Å². The number of hydrogen-bond donors (Lipinski definition) is 3. The Kier molecular flexibility index (Phi) is 9.07. The van der Waals surface area contributed by atoms with Gasteiger partial charge in [0.25, 0.3) is 5.91 Å². The summed E-state index contributed by atoms with van der Waals surface area (Å²) in [7, 11) is -2.49. The maximum Gasteiger partial charge on any atom is 0.265 e. The third-order valence-electron chi connectivity index (χ3n) is 6.08. The summed E-state index contributed by atoms with van der Waals surface area (Å²) in [6, 6.07) is 13.1. The van der Waals surface area contributed by atoms with Gasteiger partial charge in [0.1, 0.15) is 11.5 Å². The summed E-state index contributed by atoms with van der Waals surface area (Å²) in [4.78, 5) is 12.3. The van der Waals surface area contributed by atoms with Gasteiger partial charge >= 0.3 is 0 Å². The lowest BCUT2D eigenvalue weighted by Gasteiger charge is -2.34. The van der Waals surface area contributed by atoms with Crippen LogP contribution >= 0.6 is 0 Å². The number of methoxy groups -OCH3 is 1. The Morgan fingerprint density at radius 2 is 1.69 bits per heavy atom. The number of benzene rings is 2. The molecule has 1 fully saturated rings. The predicted molar refractivity (Wildman–Crippen MR) is 127 cm³/mol. The van der Waals surface area contributed by atoms with E-state index < -0.39 is 20.5 Å². The highest BCUT2D eigenvalue weighted by atomic mass is 32.2. The molecule has 10 nitrogen and oxygen atoms in total. The van der Waals surface area contributed by atoms with Crippen LogP contribution in [0.2, 0.25) is 0 Å². The Balaban J connectivity index is 1.54. The summed E-state index contributed by atoms with van der Waals surface area (Å²) < 4.78 is 40.8. The summed E-state index contributed by atoms with van der Waals surface area (Å²) in [5.41, 5.74) is 2.88. The van der Waals surface area contributed by atoms with Gasteiger partial charge < -0.3 is 19.4 Å². The van der Waals surface area contributed by atoms with Crippen molar-refractivity contribution in [2.24, 2.45) is 5.16 Å². The number of carbonyl (C=O) groups is 1. The number of amides is 1. The van der Waals surface area contributed by atoms with Gasteiger partial charge in [-0.3, -0.25) is 10.0 Å². The molecule has 0 unspecified atom stereocenters. The van der Waals surface area contributed by atoms with Gasteiger partial charge in [0.15, 0.2) is 14.6 Å². The number of hydroxylamine groups is 1. The number of rotatable bonds is 11. The first-order valence-electron chi connectivity index (χ1n) is 11.2. The normalized spacial score (nSPS) is 15.9. The molecule has 35 heavy (non-hydrogen) atoms. The van der Waals surface area contributed by atoms with E-state index in [1.54, 1.807) is 19.2 Å². The van der Waals surface area contributed by atoms with Crippen LogP contribution in [0.25, 0.3) is 0 Å². The predicted octanol–water partition coefficient (Wildman–Crippen LogP) is 2.95. The number of oxime groups is 1. The fourth-order valence-corrected chi connectivity index (χ4v) is 5.92. The van der Waals surface area contributed by atoms with Crippen molar-refractivity contribution in [1.29, 1.82) is 0 Å². The largest absolute Gasteiger partial charge is 0.497 e. The molecular formula is C24H30N2O8S. The Bertz CT molecular complexity index is 1110. The molecule has 0 radical (unpaired) electrons. The summed E-state index contributed by atoms with van der Waals surface area (Å²) in [6.07, 6.45) is 1.88. The van der Waals surface area contributed by atoms with E-state index in [0.29, 0.717) is 30.9 Å². The molecule has 2 aromatic carbocycles. The monoisotopic (exact) mass is 506 g/mol. The topological polar surface area (TPSA) is 144 Å². The summed E-state index contributed by atoms with van der Waals surface area (Å²) in [5.74, 6) is 0.252. The molecule has 3 rings (SSSR count). The molecule has 0 bridgehead atoms. The molecule has 0 aliphatic carbocycles. The van der Waals surface area contributed by atoms with Gasteiger partial charge in [-0.1, -0.05) is 5.16 Å². The molecule has 0 aromatic heterocycles. The summed E-state index contributed by atoms with van der Waals surface area (Å²) in [6.45, 7) is 0.603. The molecule has 11 heteroatoms. The minimum Gasteiger partial charge on any atom is -0.497 e. The molecule has 1 saturated heterocycles. The van der Waals surface area contributed by atoms with Gasteiger partial charge in [-0.05, 0) is 86.2 Å². The Morgan fingerprint density at radius 3 is 2.26 bits per heavy atom. The Hall–Kier alpha value is -3.15. The number of carbonyl (C=O) groups excluding carboxylic acids is 1. The average molecular weight is 507 g/mol. The van der Waals surface area contributed by atoms with E-state index in [0.717, 1.165) is 17.7 Å². The lowest BCUT2D eigenvalue weighted by molar-refractivity contribution is -0.134. The maximum atomic E-state index is 13.3. The minimum atomic E-state index is -4.08. The standard InChI is InChI=1S/C24H30N2O8S/c1-32-19-7-5-18(6-8-19)22(25-28)4-2-3-15-34-20-9-11-21(12-10-20)35(30,31)24(23(27)26-29)13-16-33-17-14-24/h5-12,28-29H,2-4,13-17H2,1H3,(H,26,27)/b25-22-. The molecule has 1 aliphatic heterocycles. The van der Waals surface area contributed by atoms with Gasteiger partial charge in [0.2, 0.25) is 0 Å². The van der Waals surface area contributed by atoms with Gasteiger partial charge in [0, 0.05) is 13.2 Å². The van der Waals surface area contributed by atoms with Gasteiger partial charge in [-0.25, -0.2) is 13.9 Å². The molecule has 1 amide bonds. The number of nitrogens with one attached hydrogen (secondary N) is 1. The number of ether oxygens (including phenoxy) is 3. The van der Waals surface area contributed by atoms with Crippen LogP contribution in [0.3, 0.4) is 0 Å². The summed E-state index contributed by atoms with van der Waals surface area (Å²) in [5, 5.41) is 21.8. The van der Waals surface area contributed by atoms with Crippen LogP contribution in [0, 0.1) is 0 Å². The van der Waals surface area contributed by atoms with Crippen molar-refractivity contribution in [3.63, 3.8) is 0 Å². The molecule has 2 aromatic rings. The van der Waals surface area contributed by atoms with Crippen LogP contribution in [0.15, 0.2) is 58.6 Å². The zero-order chi connectivity index (χ0) is 25.3. The van der Waals surface area contributed by atoms with Crippen LogP contribution in [0.4, 0.5) is 0 Å². The van der Waals surface area contributed by atoms with E-state index in [-0.39, 0.29) is 31.0 Å². The molecule has 1 heterocycles. The fraction of sp³-hybridized carbons (Fsp3) is 0.417. The zero-order valence-corrected chi connectivity index (χ0v) is 20.3. The van der Waals surface area contributed by atoms with Gasteiger partial charge in [-0.2, -0.15) is 0 Å². The third-order valence-corrected chi connectivity index (χ3v) is 8.60. The first kappa shape index (κ1) is 26.5. The van der Waals surface area contributed by atoms with E-state index in [2.05, 4.69) is 5.16 Å². The van der Waals surface area contributed by atoms with Gasteiger partial charge in [0.05, 0.1) is 24.3 Å². The molecule has 0 spiro atoms. The van der Waals surface area contributed by atoms with Crippen molar-refractivity contribution in [2.45, 2.75) is 41.7 Å². The zero-order valence-electron chi connectivity index (χ0n) is 19.5. The van der Waals surface area contributed by atoms with Gasteiger partial charge in [-0.15, -0.1) is 0 Å². The third kappa shape index (κ3) is 5.92. The van der Waals surface area contributed by atoms with E-state index in [1.165, 1.54) is 29.7 Å². The maximum absolute atomic E-state index is 13.3. The van der Waals surface area contributed by atoms with Crippen molar-refractivity contribution in [2.75, 3.05) is 26.9 Å². The number of nitrogens with zero attached hydrogens (tertiary/aromatic N) is 1. The van der Waals surface area contributed by atoms with Crippen molar-refractivity contribution in [3.05, 3.63) is 54.1 Å². The average Bonchev–Trinajstić information content (AvgIpc) is 2.91. The molecule has 0 saturated carbocycles. The van der Waals surface area contributed by atoms with Crippen molar-refractivity contribution in [3.8, 4) is 11.5 Å². The second-order valence-electron chi connectivity index (χ2n) is 8.10. The van der Waals surface area contributed by atoms with Crippen LogP contribution in [0.1, 0.15) is 37.7 Å². The number of sulfone groups is 1. The smallest absolute Gasteiger partial charge is 0.265 e. The van der Waals surface area contributed by atoms with E-state index in [9.17, 15) is 18.4 Å². The second kappa shape index (κ2) is 12.0. The minimum absolute atomic E-state index is 0.0290. The number of hydrogen-bond acceptors (Lipinski definition) is 9. The van der Waals surface area contributed by atoms with Crippen LogP contribution in [-0.2, 0) is 19.4 Å².